The number of carbonyl (C=O) groups excluding carboxylic acids is 1. The van der Waals surface area contributed by atoms with Crippen LogP contribution in [0.3, 0.4) is 0 Å². The molecule has 0 atom stereocenters. The summed E-state index contributed by atoms with van der Waals surface area (Å²) in [5.41, 5.74) is 0.965. The molecule has 2 aromatic rings. The van der Waals surface area contributed by atoms with Gasteiger partial charge in [-0.15, -0.1) is 0 Å². The van der Waals surface area contributed by atoms with Gasteiger partial charge in [-0.1, -0.05) is 35.3 Å². The van der Waals surface area contributed by atoms with Crippen LogP contribution in [-0.2, 0) is 0 Å². The van der Waals surface area contributed by atoms with Gasteiger partial charge in [0.25, 0.3) is 5.91 Å². The van der Waals surface area contributed by atoms with Crippen LogP contribution < -0.4 is 10.1 Å². The largest absolute Gasteiger partial charge is 0.492 e. The van der Waals surface area contributed by atoms with Gasteiger partial charge < -0.3 is 10.1 Å². The Labute approximate surface area is 127 Å². The van der Waals surface area contributed by atoms with Crippen LogP contribution in [0.2, 0.25) is 10.0 Å². The predicted molar refractivity (Wildman–Crippen MR) is 82.0 cm³/mol. The molecule has 0 saturated carbocycles. The molecule has 3 nitrogen and oxygen atoms in total. The van der Waals surface area contributed by atoms with E-state index in [1.165, 1.54) is 6.07 Å². The zero-order valence-corrected chi connectivity index (χ0v) is 12.3. The van der Waals surface area contributed by atoms with E-state index in [0.717, 1.165) is 0 Å². The number of benzene rings is 2. The smallest absolute Gasteiger partial charge is 0.257 e. The average Bonchev–Trinajstić information content (AvgIpc) is 2.41. The van der Waals surface area contributed by atoms with Gasteiger partial charge in [0, 0.05) is 5.02 Å². The fourth-order valence-corrected chi connectivity index (χ4v) is 2.21. The third-order valence-corrected chi connectivity index (χ3v) is 3.16. The van der Waals surface area contributed by atoms with Crippen LogP contribution in [0.5, 0.6) is 5.75 Å². The first-order chi connectivity index (χ1) is 9.61. The molecule has 0 aliphatic carbocycles. The summed E-state index contributed by atoms with van der Waals surface area (Å²) < 4.78 is 5.45. The molecule has 20 heavy (non-hydrogen) atoms. The van der Waals surface area contributed by atoms with Crippen LogP contribution in [0, 0.1) is 0 Å². The number of anilines is 1. The molecule has 104 valence electrons. The highest BCUT2D eigenvalue weighted by atomic mass is 35.5. The molecular formula is C15H13Cl2NO2. The zero-order valence-electron chi connectivity index (χ0n) is 10.8. The van der Waals surface area contributed by atoms with Gasteiger partial charge in [0.2, 0.25) is 0 Å². The van der Waals surface area contributed by atoms with Crippen molar-refractivity contribution in [2.75, 3.05) is 11.9 Å². The van der Waals surface area contributed by atoms with Crippen LogP contribution >= 0.6 is 23.2 Å². The number of para-hydroxylation sites is 2. The van der Waals surface area contributed by atoms with E-state index in [-0.39, 0.29) is 5.91 Å². The van der Waals surface area contributed by atoms with E-state index < -0.39 is 0 Å². The Bertz CT molecular complexity index is 629. The molecule has 0 aromatic heterocycles. The second-order valence-electron chi connectivity index (χ2n) is 4.01. The van der Waals surface area contributed by atoms with E-state index in [1.807, 2.05) is 19.1 Å². The summed E-state index contributed by atoms with van der Waals surface area (Å²) in [6.07, 6.45) is 0. The highest BCUT2D eigenvalue weighted by Crippen LogP contribution is 2.26. The van der Waals surface area contributed by atoms with Crippen molar-refractivity contribution in [2.24, 2.45) is 0 Å². The molecule has 2 rings (SSSR count). The molecule has 0 heterocycles. The normalized spacial score (nSPS) is 10.2. The van der Waals surface area contributed by atoms with Crippen LogP contribution in [-0.4, -0.2) is 12.5 Å². The van der Waals surface area contributed by atoms with E-state index in [2.05, 4.69) is 5.32 Å². The topological polar surface area (TPSA) is 38.3 Å². The Hall–Kier alpha value is -1.71. The SMILES string of the molecule is CCOc1ccccc1NC(=O)c1ccc(Cl)cc1Cl. The molecule has 0 aliphatic rings. The maximum Gasteiger partial charge on any atom is 0.257 e. The van der Waals surface area contributed by atoms with Crippen molar-refractivity contribution in [1.29, 1.82) is 0 Å². The van der Waals surface area contributed by atoms with E-state index >= 15 is 0 Å². The molecule has 1 amide bonds. The fourth-order valence-electron chi connectivity index (χ4n) is 1.71. The molecule has 0 aliphatic heterocycles. The Balaban J connectivity index is 2.23. The fraction of sp³-hybridized carbons (Fsp3) is 0.133. The van der Waals surface area contributed by atoms with Crippen molar-refractivity contribution < 1.29 is 9.53 Å². The molecule has 0 spiro atoms. The number of ether oxygens (including phenoxy) is 1. The summed E-state index contributed by atoms with van der Waals surface area (Å²) in [5.74, 6) is 0.312. The number of hydrogen-bond donors (Lipinski definition) is 1. The van der Waals surface area contributed by atoms with Gasteiger partial charge in [0.05, 0.1) is 22.9 Å². The lowest BCUT2D eigenvalue weighted by atomic mass is 10.2. The molecule has 0 fully saturated rings. The van der Waals surface area contributed by atoms with Crippen LogP contribution in [0.15, 0.2) is 42.5 Å². The highest BCUT2D eigenvalue weighted by Gasteiger charge is 2.13. The molecular weight excluding hydrogens is 297 g/mol. The standard InChI is InChI=1S/C15H13Cl2NO2/c1-2-20-14-6-4-3-5-13(14)18-15(19)11-8-7-10(16)9-12(11)17/h3-9H,2H2,1H3,(H,18,19). The first kappa shape index (κ1) is 14.7. The van der Waals surface area contributed by atoms with E-state index in [4.69, 9.17) is 27.9 Å². The molecule has 0 unspecified atom stereocenters. The van der Waals surface area contributed by atoms with Crippen molar-refractivity contribution >= 4 is 34.8 Å². The number of carbonyl (C=O) groups is 1. The Morgan fingerprint density at radius 1 is 1.20 bits per heavy atom. The minimum absolute atomic E-state index is 0.307. The first-order valence-electron chi connectivity index (χ1n) is 6.10. The maximum absolute atomic E-state index is 12.2. The summed E-state index contributed by atoms with van der Waals surface area (Å²) in [7, 11) is 0. The molecule has 0 saturated heterocycles. The first-order valence-corrected chi connectivity index (χ1v) is 6.85. The Morgan fingerprint density at radius 2 is 1.95 bits per heavy atom. The molecule has 2 aromatic carbocycles. The van der Waals surface area contributed by atoms with Gasteiger partial charge in [-0.05, 0) is 37.3 Å². The number of nitrogens with one attached hydrogen (secondary N) is 1. The lowest BCUT2D eigenvalue weighted by Gasteiger charge is -2.11. The monoisotopic (exact) mass is 309 g/mol. The summed E-state index contributed by atoms with van der Waals surface area (Å²) >= 11 is 11.8. The summed E-state index contributed by atoms with van der Waals surface area (Å²) in [5, 5.41) is 3.58. The summed E-state index contributed by atoms with van der Waals surface area (Å²) in [6, 6.07) is 12.0. The minimum Gasteiger partial charge on any atom is -0.492 e. The van der Waals surface area contributed by atoms with Gasteiger partial charge in [-0.25, -0.2) is 0 Å². The molecule has 0 radical (unpaired) electrons. The summed E-state index contributed by atoms with van der Waals surface area (Å²) in [4.78, 5) is 12.2. The highest BCUT2D eigenvalue weighted by molar-refractivity contribution is 6.37. The van der Waals surface area contributed by atoms with E-state index in [9.17, 15) is 4.79 Å². The lowest BCUT2D eigenvalue weighted by Crippen LogP contribution is -2.13. The van der Waals surface area contributed by atoms with Crippen molar-refractivity contribution in [3.8, 4) is 5.75 Å². The third kappa shape index (κ3) is 3.44. The second kappa shape index (κ2) is 6.64. The maximum atomic E-state index is 12.2. The van der Waals surface area contributed by atoms with Crippen LogP contribution in [0.1, 0.15) is 17.3 Å². The average molecular weight is 310 g/mol. The number of halogens is 2. The number of rotatable bonds is 4. The van der Waals surface area contributed by atoms with E-state index in [0.29, 0.717) is 33.7 Å². The van der Waals surface area contributed by atoms with Crippen molar-refractivity contribution in [3.05, 3.63) is 58.1 Å². The Morgan fingerprint density at radius 3 is 2.65 bits per heavy atom. The van der Waals surface area contributed by atoms with Gasteiger partial charge in [-0.2, -0.15) is 0 Å². The van der Waals surface area contributed by atoms with Crippen LogP contribution in [0.4, 0.5) is 5.69 Å². The van der Waals surface area contributed by atoms with Gasteiger partial charge in [0.1, 0.15) is 5.75 Å². The van der Waals surface area contributed by atoms with Crippen LogP contribution in [0.25, 0.3) is 0 Å². The predicted octanol–water partition coefficient (Wildman–Crippen LogP) is 4.64. The zero-order chi connectivity index (χ0) is 14.5. The quantitative estimate of drug-likeness (QED) is 0.893. The summed E-state index contributed by atoms with van der Waals surface area (Å²) in [6.45, 7) is 2.41. The molecule has 0 bridgehead atoms. The molecule has 5 heteroatoms. The van der Waals surface area contributed by atoms with Gasteiger partial charge in [-0.3, -0.25) is 4.79 Å². The molecule has 1 N–H and O–H groups in total. The van der Waals surface area contributed by atoms with Crippen molar-refractivity contribution in [3.63, 3.8) is 0 Å². The van der Waals surface area contributed by atoms with Crippen molar-refractivity contribution in [1.82, 2.24) is 0 Å². The van der Waals surface area contributed by atoms with Gasteiger partial charge >= 0.3 is 0 Å². The second-order valence-corrected chi connectivity index (χ2v) is 4.85. The number of amides is 1. The Kier molecular flexibility index (Phi) is 4.88. The lowest BCUT2D eigenvalue weighted by molar-refractivity contribution is 0.102. The van der Waals surface area contributed by atoms with E-state index in [1.54, 1.807) is 24.3 Å². The third-order valence-electron chi connectivity index (χ3n) is 2.61. The van der Waals surface area contributed by atoms with Gasteiger partial charge in [0.15, 0.2) is 0 Å². The minimum atomic E-state index is -0.307. The van der Waals surface area contributed by atoms with Crippen molar-refractivity contribution in [2.45, 2.75) is 6.92 Å². The number of hydrogen-bond acceptors (Lipinski definition) is 2.